The van der Waals surface area contributed by atoms with E-state index in [1.807, 2.05) is 49.6 Å². The van der Waals surface area contributed by atoms with Crippen molar-refractivity contribution in [2.24, 2.45) is 0 Å². The molecule has 11 nitrogen and oxygen atoms in total. The first-order valence-electron chi connectivity index (χ1n) is 17.7. The van der Waals surface area contributed by atoms with E-state index in [0.29, 0.717) is 61.5 Å². The minimum Gasteiger partial charge on any atom is -0.496 e. The lowest BCUT2D eigenvalue weighted by molar-refractivity contribution is -0.116. The first-order chi connectivity index (χ1) is 27.1. The highest BCUT2D eigenvalue weighted by Gasteiger charge is 2.26. The molecule has 1 atom stereocenters. The zero-order valence-corrected chi connectivity index (χ0v) is 33.5. The molecule has 0 saturated carbocycles. The van der Waals surface area contributed by atoms with Gasteiger partial charge in [-0.25, -0.2) is 4.79 Å². The van der Waals surface area contributed by atoms with Crippen LogP contribution in [0.1, 0.15) is 52.1 Å². The molecule has 0 radical (unpaired) electrons. The first kappa shape index (κ1) is 41.1. The van der Waals surface area contributed by atoms with Crippen molar-refractivity contribution in [2.75, 3.05) is 38.6 Å². The number of nitrogens with one attached hydrogen (secondary N) is 3. The van der Waals surface area contributed by atoms with Crippen molar-refractivity contribution in [3.05, 3.63) is 124 Å². The Morgan fingerprint density at radius 3 is 2.16 bits per heavy atom. The largest absolute Gasteiger partial charge is 0.496 e. The van der Waals surface area contributed by atoms with Crippen molar-refractivity contribution < 1.29 is 38.1 Å². The molecule has 0 bridgehead atoms. The van der Waals surface area contributed by atoms with Crippen LogP contribution in [-0.2, 0) is 14.3 Å². The van der Waals surface area contributed by atoms with Crippen molar-refractivity contribution in [2.45, 2.75) is 37.3 Å². The predicted molar refractivity (Wildman–Crippen MR) is 222 cm³/mol. The lowest BCUT2D eigenvalue weighted by Crippen LogP contribution is -2.30. The number of anilines is 2. The highest BCUT2D eigenvalue weighted by Crippen LogP contribution is 2.38. The van der Waals surface area contributed by atoms with E-state index in [9.17, 15) is 19.2 Å². The molecule has 56 heavy (non-hydrogen) atoms. The van der Waals surface area contributed by atoms with Gasteiger partial charge in [0, 0.05) is 38.7 Å². The van der Waals surface area contributed by atoms with E-state index in [0.717, 1.165) is 11.1 Å². The number of amides is 3. The second-order valence-electron chi connectivity index (χ2n) is 12.3. The van der Waals surface area contributed by atoms with Gasteiger partial charge in [0.2, 0.25) is 5.91 Å². The fraction of sp³-hybridized carbons (Fsp3) is 0.209. The molecule has 0 spiro atoms. The average molecular weight is 794 g/mol. The SMILES string of the molecule is CCOC(=O)c1c(-c2ccc(C)cc2)csc1NC(=O)C(CC)Sc1cccc(NC(=O)/C(=C\c2cc(OC)c(OC)cc2OC)NC(=O)c2ccccc2)c1. The van der Waals surface area contributed by atoms with Gasteiger partial charge in [0.1, 0.15) is 22.0 Å². The summed E-state index contributed by atoms with van der Waals surface area (Å²) < 4.78 is 21.8. The molecule has 5 rings (SSSR count). The summed E-state index contributed by atoms with van der Waals surface area (Å²) in [5.74, 6) is -0.685. The van der Waals surface area contributed by atoms with Crippen LogP contribution >= 0.6 is 23.1 Å². The molecular weight excluding hydrogens is 751 g/mol. The van der Waals surface area contributed by atoms with Crippen molar-refractivity contribution in [3.8, 4) is 28.4 Å². The number of hydrogen-bond acceptors (Lipinski definition) is 10. The maximum absolute atomic E-state index is 13.9. The second-order valence-corrected chi connectivity index (χ2v) is 14.4. The van der Waals surface area contributed by atoms with Gasteiger partial charge < -0.3 is 34.9 Å². The normalized spacial score (nSPS) is 11.6. The molecule has 1 aromatic heterocycles. The molecule has 4 aromatic carbocycles. The van der Waals surface area contributed by atoms with E-state index in [2.05, 4.69) is 16.0 Å². The Bertz CT molecular complexity index is 2220. The number of esters is 1. The van der Waals surface area contributed by atoms with E-state index in [1.54, 1.807) is 67.6 Å². The van der Waals surface area contributed by atoms with E-state index < -0.39 is 23.0 Å². The maximum Gasteiger partial charge on any atom is 0.341 e. The van der Waals surface area contributed by atoms with Crippen LogP contribution in [0.3, 0.4) is 0 Å². The van der Waals surface area contributed by atoms with Gasteiger partial charge in [-0.1, -0.05) is 61.0 Å². The molecule has 0 aliphatic heterocycles. The molecule has 3 amide bonds. The van der Waals surface area contributed by atoms with Crippen molar-refractivity contribution in [1.29, 1.82) is 0 Å². The summed E-state index contributed by atoms with van der Waals surface area (Å²) in [6.45, 7) is 5.82. The minimum absolute atomic E-state index is 0.0633. The molecule has 0 fully saturated rings. The van der Waals surface area contributed by atoms with Crippen LogP contribution in [0.4, 0.5) is 10.7 Å². The Hall–Kier alpha value is -6.05. The first-order valence-corrected chi connectivity index (χ1v) is 19.5. The van der Waals surface area contributed by atoms with Gasteiger partial charge in [-0.15, -0.1) is 23.1 Å². The zero-order chi connectivity index (χ0) is 40.2. The predicted octanol–water partition coefficient (Wildman–Crippen LogP) is 8.85. The monoisotopic (exact) mass is 793 g/mol. The molecule has 5 aromatic rings. The number of thioether (sulfide) groups is 1. The quantitative estimate of drug-likeness (QED) is 0.0508. The highest BCUT2D eigenvalue weighted by molar-refractivity contribution is 8.00. The number of hydrogen-bond donors (Lipinski definition) is 3. The molecule has 0 aliphatic carbocycles. The topological polar surface area (TPSA) is 141 Å². The fourth-order valence-corrected chi connectivity index (χ4v) is 7.56. The standard InChI is InChI=1S/C43H43N3O8S2/c1-7-37(41(49)46-42-38(43(50)54-8-2)32(25-55-42)27-19-17-26(3)18-20-27)56-31-16-12-15-30(23-31)44-40(48)33(45-39(47)28-13-10-9-11-14-28)21-29-22-35(52-5)36(53-6)24-34(29)51-4/h9-25,37H,7-8H2,1-6H3,(H,44,48)(H,45,47)(H,46,49)/b33-21+. The van der Waals surface area contributed by atoms with Crippen LogP contribution in [0.15, 0.2) is 107 Å². The third kappa shape index (κ3) is 10.2. The van der Waals surface area contributed by atoms with Crippen molar-refractivity contribution in [1.82, 2.24) is 5.32 Å². The van der Waals surface area contributed by atoms with Crippen LogP contribution in [0.25, 0.3) is 17.2 Å². The van der Waals surface area contributed by atoms with Crippen LogP contribution in [0.2, 0.25) is 0 Å². The lowest BCUT2D eigenvalue weighted by Gasteiger charge is -2.16. The summed E-state index contributed by atoms with van der Waals surface area (Å²) >= 11 is 2.58. The molecular formula is C43H43N3O8S2. The summed E-state index contributed by atoms with van der Waals surface area (Å²) in [5, 5.41) is 10.3. The number of rotatable bonds is 16. The van der Waals surface area contributed by atoms with Crippen molar-refractivity contribution >= 4 is 63.6 Å². The third-order valence-corrected chi connectivity index (χ3v) is 10.7. The van der Waals surface area contributed by atoms with E-state index in [-0.39, 0.29) is 18.2 Å². The zero-order valence-electron chi connectivity index (χ0n) is 31.9. The molecule has 3 N–H and O–H groups in total. The van der Waals surface area contributed by atoms with Gasteiger partial charge in [0.25, 0.3) is 11.8 Å². The van der Waals surface area contributed by atoms with Crippen LogP contribution in [0.5, 0.6) is 17.2 Å². The minimum atomic E-state index is -0.605. The number of benzene rings is 4. The highest BCUT2D eigenvalue weighted by atomic mass is 32.2. The second kappa shape index (κ2) is 19.5. The van der Waals surface area contributed by atoms with E-state index in [1.165, 1.54) is 50.5 Å². The van der Waals surface area contributed by atoms with Crippen LogP contribution in [0, 0.1) is 6.92 Å². The number of ether oxygens (including phenoxy) is 4. The van der Waals surface area contributed by atoms with E-state index >= 15 is 0 Å². The van der Waals surface area contributed by atoms with Gasteiger partial charge in [0.15, 0.2) is 11.5 Å². The maximum atomic E-state index is 13.9. The number of thiophene rings is 1. The summed E-state index contributed by atoms with van der Waals surface area (Å²) in [6.07, 6.45) is 1.97. The molecule has 0 saturated heterocycles. The third-order valence-electron chi connectivity index (χ3n) is 8.47. The Kier molecular flexibility index (Phi) is 14.3. The van der Waals surface area contributed by atoms with Crippen LogP contribution in [-0.4, -0.2) is 56.9 Å². The van der Waals surface area contributed by atoms with Gasteiger partial charge >= 0.3 is 5.97 Å². The van der Waals surface area contributed by atoms with E-state index in [4.69, 9.17) is 18.9 Å². The van der Waals surface area contributed by atoms with Gasteiger partial charge in [-0.3, -0.25) is 14.4 Å². The molecule has 0 aliphatic rings. The molecule has 1 heterocycles. The van der Waals surface area contributed by atoms with Gasteiger partial charge in [-0.05, 0) is 68.3 Å². The van der Waals surface area contributed by atoms with Gasteiger partial charge in [0.05, 0.1) is 33.2 Å². The van der Waals surface area contributed by atoms with Gasteiger partial charge in [-0.2, -0.15) is 0 Å². The Labute approximate surface area is 334 Å². The Morgan fingerprint density at radius 1 is 0.804 bits per heavy atom. The van der Waals surface area contributed by atoms with Crippen molar-refractivity contribution in [3.63, 3.8) is 0 Å². The number of carbonyl (C=O) groups is 4. The average Bonchev–Trinajstić information content (AvgIpc) is 3.63. The smallest absolute Gasteiger partial charge is 0.341 e. The number of aryl methyl sites for hydroxylation is 1. The Morgan fingerprint density at radius 2 is 1.50 bits per heavy atom. The number of carbonyl (C=O) groups excluding carboxylic acids is 4. The summed E-state index contributed by atoms with van der Waals surface area (Å²) in [5.41, 5.74) is 4.11. The summed E-state index contributed by atoms with van der Waals surface area (Å²) in [4.78, 5) is 54.8. The summed E-state index contributed by atoms with van der Waals surface area (Å²) in [6, 6.07) is 26.6. The molecule has 13 heteroatoms. The van der Waals surface area contributed by atoms with Crippen LogP contribution < -0.4 is 30.2 Å². The summed E-state index contributed by atoms with van der Waals surface area (Å²) in [7, 11) is 4.48. The molecule has 1 unspecified atom stereocenters. The lowest BCUT2D eigenvalue weighted by atomic mass is 10.0. The number of methoxy groups -OCH3 is 3. The Balaban J connectivity index is 1.38. The molecule has 290 valence electrons. The fourth-order valence-electron chi connectivity index (χ4n) is 5.59.